The van der Waals surface area contributed by atoms with Crippen LogP contribution in [0.3, 0.4) is 0 Å². The summed E-state index contributed by atoms with van der Waals surface area (Å²) in [6, 6.07) is 4.53. The van der Waals surface area contributed by atoms with Gasteiger partial charge in [0, 0.05) is 29.5 Å². The summed E-state index contributed by atoms with van der Waals surface area (Å²) in [6.45, 7) is 0. The molecule has 0 spiro atoms. The first-order chi connectivity index (χ1) is 8.99. The third kappa shape index (κ3) is 3.16. The number of primary amides is 1. The summed E-state index contributed by atoms with van der Waals surface area (Å²) in [4.78, 5) is 15.7. The molecule has 0 fully saturated rings. The third-order valence-corrected chi connectivity index (χ3v) is 4.32. The molecule has 0 aliphatic carbocycles. The lowest BCUT2D eigenvalue weighted by Gasteiger charge is -2.14. The van der Waals surface area contributed by atoms with Crippen LogP contribution in [0.4, 0.5) is 4.39 Å². The van der Waals surface area contributed by atoms with Crippen molar-refractivity contribution >= 4 is 33.6 Å². The zero-order valence-electron chi connectivity index (χ0n) is 10.0. The molecule has 2 N–H and O–H groups in total. The van der Waals surface area contributed by atoms with Crippen molar-refractivity contribution in [1.29, 1.82) is 0 Å². The van der Waals surface area contributed by atoms with Gasteiger partial charge in [-0.05, 0) is 12.1 Å². The van der Waals surface area contributed by atoms with Crippen LogP contribution >= 0.6 is 27.7 Å². The summed E-state index contributed by atoms with van der Waals surface area (Å²) in [6.07, 6.45) is 3.36. The minimum Gasteiger partial charge on any atom is -0.368 e. The molecule has 0 saturated carbocycles. The summed E-state index contributed by atoms with van der Waals surface area (Å²) in [7, 11) is 1.80. The Morgan fingerprint density at radius 3 is 2.84 bits per heavy atom. The number of hydrogen-bond donors (Lipinski definition) is 1. The van der Waals surface area contributed by atoms with E-state index in [9.17, 15) is 9.18 Å². The van der Waals surface area contributed by atoms with Crippen LogP contribution in [0, 0.1) is 5.82 Å². The number of imidazole rings is 1. The van der Waals surface area contributed by atoms with Gasteiger partial charge >= 0.3 is 0 Å². The first kappa shape index (κ1) is 14.1. The summed E-state index contributed by atoms with van der Waals surface area (Å²) in [5.74, 6) is -1.07. The molecule has 0 aliphatic rings. The summed E-state index contributed by atoms with van der Waals surface area (Å²) < 4.78 is 16.3. The molecule has 1 aromatic heterocycles. The summed E-state index contributed by atoms with van der Waals surface area (Å²) in [5, 5.41) is -0.208. The number of aryl methyl sites for hydroxylation is 1. The number of amides is 1. The number of nitrogens with two attached hydrogens (primary N) is 1. The predicted octanol–water partition coefficient (Wildman–Crippen LogP) is 2.64. The molecule has 0 unspecified atom stereocenters. The molecular formula is C12H11BrFN3OS. The fourth-order valence-corrected chi connectivity index (χ4v) is 2.89. The maximum Gasteiger partial charge on any atom is 0.235 e. The van der Waals surface area contributed by atoms with Crippen molar-refractivity contribution in [3.05, 3.63) is 46.4 Å². The number of aromatic nitrogens is 2. The van der Waals surface area contributed by atoms with Gasteiger partial charge in [0.15, 0.2) is 5.16 Å². The second-order valence-corrected chi connectivity index (χ2v) is 5.87. The smallest absolute Gasteiger partial charge is 0.235 e. The minimum atomic E-state index is -0.811. The van der Waals surface area contributed by atoms with Gasteiger partial charge in [-0.25, -0.2) is 9.37 Å². The Bertz CT molecular complexity index is 617. The van der Waals surface area contributed by atoms with Crippen LogP contribution in [0.1, 0.15) is 10.8 Å². The second-order valence-electron chi connectivity index (χ2n) is 3.89. The second kappa shape index (κ2) is 5.75. The first-order valence-electron chi connectivity index (χ1n) is 5.37. The van der Waals surface area contributed by atoms with Gasteiger partial charge in [-0.2, -0.15) is 0 Å². The fourth-order valence-electron chi connectivity index (χ4n) is 1.56. The van der Waals surface area contributed by atoms with Gasteiger partial charge < -0.3 is 10.3 Å². The van der Waals surface area contributed by atoms with Crippen molar-refractivity contribution < 1.29 is 9.18 Å². The Labute approximate surface area is 122 Å². The van der Waals surface area contributed by atoms with E-state index in [1.165, 1.54) is 6.07 Å². The van der Waals surface area contributed by atoms with E-state index >= 15 is 0 Å². The fraction of sp³-hybridized carbons (Fsp3) is 0.167. The molecule has 1 heterocycles. The van der Waals surface area contributed by atoms with E-state index in [1.54, 1.807) is 36.1 Å². The lowest BCUT2D eigenvalue weighted by atomic mass is 10.1. The monoisotopic (exact) mass is 343 g/mol. The normalized spacial score (nSPS) is 12.4. The van der Waals surface area contributed by atoms with Gasteiger partial charge in [-0.1, -0.05) is 33.8 Å². The van der Waals surface area contributed by atoms with Gasteiger partial charge in [0.2, 0.25) is 5.91 Å². The van der Waals surface area contributed by atoms with E-state index in [-0.39, 0.29) is 5.56 Å². The van der Waals surface area contributed by atoms with E-state index in [2.05, 4.69) is 20.9 Å². The van der Waals surface area contributed by atoms with Crippen molar-refractivity contribution in [2.24, 2.45) is 12.8 Å². The molecule has 19 heavy (non-hydrogen) atoms. The number of nitrogens with zero attached hydrogens (tertiary/aromatic N) is 2. The van der Waals surface area contributed by atoms with E-state index in [0.717, 1.165) is 11.8 Å². The highest BCUT2D eigenvalue weighted by Gasteiger charge is 2.24. The van der Waals surface area contributed by atoms with Gasteiger partial charge in [0.05, 0.1) is 0 Å². The number of benzene rings is 1. The van der Waals surface area contributed by atoms with Crippen LogP contribution in [0.25, 0.3) is 0 Å². The standard InChI is InChI=1S/C12H11BrFN3OS/c1-17-5-4-16-12(17)19-10(11(15)18)8-3-2-7(13)6-9(8)14/h2-6,10H,1H3,(H2,15,18)/t10-/m0/s1. The molecule has 2 aromatic rings. The van der Waals surface area contributed by atoms with Crippen molar-refractivity contribution in [2.75, 3.05) is 0 Å². The van der Waals surface area contributed by atoms with Crippen LogP contribution in [-0.2, 0) is 11.8 Å². The van der Waals surface area contributed by atoms with E-state index in [4.69, 9.17) is 5.73 Å². The molecule has 1 amide bonds. The molecule has 0 bridgehead atoms. The topological polar surface area (TPSA) is 60.9 Å². The van der Waals surface area contributed by atoms with Crippen LogP contribution in [0.5, 0.6) is 0 Å². The highest BCUT2D eigenvalue weighted by atomic mass is 79.9. The Kier molecular flexibility index (Phi) is 4.26. The maximum atomic E-state index is 13.9. The minimum absolute atomic E-state index is 0.253. The first-order valence-corrected chi connectivity index (χ1v) is 7.04. The average molecular weight is 344 g/mol. The predicted molar refractivity (Wildman–Crippen MR) is 75.1 cm³/mol. The molecule has 0 radical (unpaired) electrons. The van der Waals surface area contributed by atoms with Crippen LogP contribution < -0.4 is 5.73 Å². The Morgan fingerprint density at radius 2 is 2.32 bits per heavy atom. The van der Waals surface area contributed by atoms with E-state index in [0.29, 0.717) is 9.63 Å². The number of carbonyl (C=O) groups excluding carboxylic acids is 1. The van der Waals surface area contributed by atoms with Crippen LogP contribution in [0.15, 0.2) is 40.2 Å². The Hall–Kier alpha value is -1.34. The summed E-state index contributed by atoms with van der Waals surface area (Å²) >= 11 is 4.30. The number of carbonyl (C=O) groups is 1. The molecule has 100 valence electrons. The third-order valence-electron chi connectivity index (χ3n) is 2.50. The number of hydrogen-bond acceptors (Lipinski definition) is 3. The molecule has 1 aromatic carbocycles. The Balaban J connectivity index is 2.35. The maximum absolute atomic E-state index is 13.9. The van der Waals surface area contributed by atoms with E-state index in [1.807, 2.05) is 0 Å². The van der Waals surface area contributed by atoms with Gasteiger partial charge in [0.25, 0.3) is 0 Å². The molecule has 7 heteroatoms. The lowest BCUT2D eigenvalue weighted by molar-refractivity contribution is -0.117. The Morgan fingerprint density at radius 1 is 1.58 bits per heavy atom. The number of thioether (sulfide) groups is 1. The van der Waals surface area contributed by atoms with E-state index < -0.39 is 17.0 Å². The SMILES string of the molecule is Cn1ccnc1S[C@H](C(N)=O)c1ccc(Br)cc1F. The highest BCUT2D eigenvalue weighted by molar-refractivity contribution is 9.10. The molecule has 0 aliphatic heterocycles. The lowest BCUT2D eigenvalue weighted by Crippen LogP contribution is -2.20. The zero-order chi connectivity index (χ0) is 14.0. The molecule has 1 atom stereocenters. The number of halogens is 2. The van der Waals surface area contributed by atoms with Gasteiger partial charge in [-0.3, -0.25) is 4.79 Å². The van der Waals surface area contributed by atoms with Crippen molar-refractivity contribution in [2.45, 2.75) is 10.4 Å². The quantitative estimate of drug-likeness (QED) is 0.868. The molecule has 2 rings (SSSR count). The largest absolute Gasteiger partial charge is 0.368 e. The van der Waals surface area contributed by atoms with Crippen molar-refractivity contribution in [3.63, 3.8) is 0 Å². The summed E-state index contributed by atoms with van der Waals surface area (Å²) in [5.41, 5.74) is 5.62. The highest BCUT2D eigenvalue weighted by Crippen LogP contribution is 2.35. The number of rotatable bonds is 4. The van der Waals surface area contributed by atoms with Crippen LogP contribution in [0.2, 0.25) is 0 Å². The zero-order valence-corrected chi connectivity index (χ0v) is 12.4. The molecule has 0 saturated heterocycles. The van der Waals surface area contributed by atoms with Gasteiger partial charge in [-0.15, -0.1) is 0 Å². The van der Waals surface area contributed by atoms with Gasteiger partial charge in [0.1, 0.15) is 11.1 Å². The average Bonchev–Trinajstić information content (AvgIpc) is 2.72. The van der Waals surface area contributed by atoms with Crippen molar-refractivity contribution in [3.8, 4) is 0 Å². The van der Waals surface area contributed by atoms with Crippen LogP contribution in [-0.4, -0.2) is 15.5 Å². The van der Waals surface area contributed by atoms with Crippen molar-refractivity contribution in [1.82, 2.24) is 9.55 Å². The molecule has 4 nitrogen and oxygen atoms in total. The molecular weight excluding hydrogens is 333 g/mol.